The maximum absolute atomic E-state index is 12.8. The summed E-state index contributed by atoms with van der Waals surface area (Å²) in [6, 6.07) is -0.827. The molecule has 0 bridgehead atoms. The van der Waals surface area contributed by atoms with Gasteiger partial charge in [-0.1, -0.05) is 23.1 Å². The fourth-order valence-electron chi connectivity index (χ4n) is 3.38. The van der Waals surface area contributed by atoms with E-state index in [-0.39, 0.29) is 59.8 Å². The predicted molar refractivity (Wildman–Crippen MR) is 130 cm³/mol. The van der Waals surface area contributed by atoms with Crippen LogP contribution in [0.4, 0.5) is 5.13 Å². The van der Waals surface area contributed by atoms with Crippen LogP contribution in [0.2, 0.25) is 0 Å². The average Bonchev–Trinajstić information content (AvgIpc) is 3.43. The van der Waals surface area contributed by atoms with Crippen LogP contribution in [0.25, 0.3) is 0 Å². The van der Waals surface area contributed by atoms with E-state index in [4.69, 9.17) is 5.73 Å². The number of thioether (sulfide) groups is 2. The maximum Gasteiger partial charge on any atom is 1.00 e. The minimum absolute atomic E-state index is 0. The summed E-state index contributed by atoms with van der Waals surface area (Å²) >= 11 is 5.13. The van der Waals surface area contributed by atoms with Crippen LogP contribution in [0, 0.1) is 0 Å². The monoisotopic (exact) mass is 577 g/mol. The van der Waals surface area contributed by atoms with Crippen molar-refractivity contribution in [2.45, 2.75) is 28.6 Å². The Morgan fingerprint density at radius 3 is 2.69 bits per heavy atom. The van der Waals surface area contributed by atoms with E-state index in [9.17, 15) is 24.3 Å². The smallest absolute Gasteiger partial charge is 0.543 e. The van der Waals surface area contributed by atoms with Gasteiger partial charge in [-0.25, -0.2) is 4.98 Å². The van der Waals surface area contributed by atoms with Gasteiger partial charge in [0.15, 0.2) is 9.47 Å². The van der Waals surface area contributed by atoms with E-state index < -0.39 is 29.2 Å². The number of β-lactam (4-membered cyclic amide) rings is 1. The zero-order valence-electron chi connectivity index (χ0n) is 19.5. The molecule has 3 N–H and O–H groups in total. The van der Waals surface area contributed by atoms with Crippen LogP contribution in [0.1, 0.15) is 10.7 Å². The molecule has 17 heteroatoms. The SMILES string of the molecule is CN(C)C(=O)Cc1nnc(SCC2=C(C(=O)[O-])N3C(=O)C(NC(=O)Cc4csc(N)n4)[C@H]3SC2)s1.[Na+]. The molecule has 36 heavy (non-hydrogen) atoms. The van der Waals surface area contributed by atoms with Crippen LogP contribution >= 0.6 is 46.2 Å². The van der Waals surface area contributed by atoms with Gasteiger partial charge in [-0.2, -0.15) is 0 Å². The summed E-state index contributed by atoms with van der Waals surface area (Å²) in [4.78, 5) is 55.5. The van der Waals surface area contributed by atoms with Crippen LogP contribution in [0.3, 0.4) is 0 Å². The van der Waals surface area contributed by atoms with Gasteiger partial charge in [0, 0.05) is 31.0 Å². The molecule has 4 rings (SSSR count). The fourth-order valence-corrected chi connectivity index (χ4v) is 7.31. The number of likely N-dealkylation sites (N-methyl/N-ethyl adjacent to an activating group) is 1. The third-order valence-corrected chi connectivity index (χ3v) is 9.29. The normalized spacial score (nSPS) is 18.7. The molecule has 4 heterocycles. The number of fused-ring (bicyclic) bond motifs is 1. The van der Waals surface area contributed by atoms with E-state index in [2.05, 4.69) is 20.5 Å². The molecule has 1 saturated heterocycles. The van der Waals surface area contributed by atoms with Crippen molar-refractivity contribution in [1.29, 1.82) is 0 Å². The van der Waals surface area contributed by atoms with Gasteiger partial charge >= 0.3 is 29.6 Å². The first-order valence-corrected chi connectivity index (χ1v) is 13.9. The van der Waals surface area contributed by atoms with Crippen LogP contribution in [0.5, 0.6) is 0 Å². The molecule has 0 saturated carbocycles. The molecule has 3 amide bonds. The minimum atomic E-state index is -1.45. The van der Waals surface area contributed by atoms with Crippen LogP contribution in [-0.4, -0.2) is 85.7 Å². The number of nitrogens with one attached hydrogen (secondary N) is 1. The summed E-state index contributed by atoms with van der Waals surface area (Å²) in [6.07, 6.45) is 0.116. The number of rotatable bonds is 9. The van der Waals surface area contributed by atoms with Gasteiger partial charge in [0.25, 0.3) is 5.91 Å². The molecule has 2 aromatic heterocycles. The molecular weight excluding hydrogens is 558 g/mol. The number of aliphatic carboxylic acids is 1. The van der Waals surface area contributed by atoms with Gasteiger partial charge in [0.2, 0.25) is 11.8 Å². The van der Waals surface area contributed by atoms with Crippen molar-refractivity contribution in [3.8, 4) is 0 Å². The van der Waals surface area contributed by atoms with E-state index in [1.165, 1.54) is 56.0 Å². The fraction of sp³-hybridized carbons (Fsp3) is 0.421. The molecule has 186 valence electrons. The third kappa shape index (κ3) is 6.41. The quantitative estimate of drug-likeness (QED) is 0.169. The predicted octanol–water partition coefficient (Wildman–Crippen LogP) is -4.05. The van der Waals surface area contributed by atoms with Crippen molar-refractivity contribution in [2.24, 2.45) is 0 Å². The van der Waals surface area contributed by atoms with Gasteiger partial charge in [-0.3, -0.25) is 19.3 Å². The number of carboxylic acids is 1. The summed E-state index contributed by atoms with van der Waals surface area (Å²) in [5.41, 5.74) is 6.43. The Labute approximate surface area is 244 Å². The summed E-state index contributed by atoms with van der Waals surface area (Å²) in [5, 5.41) is 24.7. The molecule has 12 nitrogen and oxygen atoms in total. The molecule has 1 unspecified atom stereocenters. The molecule has 2 atom stereocenters. The third-order valence-electron chi connectivity index (χ3n) is 5.09. The number of aromatic nitrogens is 3. The van der Waals surface area contributed by atoms with Gasteiger partial charge in [-0.15, -0.1) is 33.3 Å². The Morgan fingerprint density at radius 2 is 2.06 bits per heavy atom. The number of amides is 3. The Balaban J connectivity index is 0.00000361. The van der Waals surface area contributed by atoms with Gasteiger partial charge in [0.05, 0.1) is 30.2 Å². The Hall–Kier alpha value is -1.69. The number of nitrogens with two attached hydrogens (primary N) is 1. The number of anilines is 1. The first-order chi connectivity index (χ1) is 16.6. The topological polar surface area (TPSA) is 175 Å². The summed E-state index contributed by atoms with van der Waals surface area (Å²) in [7, 11) is 3.32. The number of hydrogen-bond acceptors (Lipinski definition) is 13. The molecule has 0 radical (unpaired) electrons. The molecule has 1 fully saturated rings. The molecule has 2 aliphatic rings. The van der Waals surface area contributed by atoms with Crippen molar-refractivity contribution in [2.75, 3.05) is 31.3 Å². The van der Waals surface area contributed by atoms with Crippen molar-refractivity contribution < 1.29 is 53.8 Å². The second-order valence-corrected chi connectivity index (χ2v) is 12.0. The van der Waals surface area contributed by atoms with Gasteiger partial charge in [-0.05, 0) is 5.57 Å². The minimum Gasteiger partial charge on any atom is -0.543 e. The van der Waals surface area contributed by atoms with E-state index in [0.29, 0.717) is 31.5 Å². The second kappa shape index (κ2) is 12.2. The molecule has 2 aliphatic heterocycles. The number of thiazole rings is 1. The number of nitrogens with zero attached hydrogens (tertiary/aromatic N) is 5. The Bertz CT molecular complexity index is 1220. The first-order valence-electron chi connectivity index (χ1n) is 10.2. The number of carbonyl (C=O) groups excluding carboxylic acids is 4. The largest absolute Gasteiger partial charge is 1.00 e. The summed E-state index contributed by atoms with van der Waals surface area (Å²) < 4.78 is 0.589. The molecule has 2 aromatic rings. The van der Waals surface area contributed by atoms with Crippen LogP contribution in [-0.2, 0) is 32.0 Å². The standard InChI is InChI=1S/C19H21N7O5S4.Na/c1-25(2)12(28)4-11-23-24-19(35-11)34-6-8-5-32-16-13(15(29)26(16)14(8)17(30)31)22-10(27)3-9-7-33-18(20)21-9;/h7,13,16H,3-6H2,1-2H3,(H2,20,21)(H,22,27)(H,30,31);/q;+1/p-1/t13?,16-;/m1./s1. The first kappa shape index (κ1) is 28.9. The second-order valence-electron chi connectivity index (χ2n) is 7.76. The Kier molecular flexibility index (Phi) is 9.81. The number of carboxylic acid groups (broad SMARTS) is 1. The van der Waals surface area contributed by atoms with Gasteiger partial charge < -0.3 is 25.9 Å². The van der Waals surface area contributed by atoms with Crippen LogP contribution < -0.4 is 45.7 Å². The van der Waals surface area contributed by atoms with E-state index in [1.54, 1.807) is 19.5 Å². The summed E-state index contributed by atoms with van der Waals surface area (Å²) in [6.45, 7) is 0. The molecule has 0 spiro atoms. The maximum atomic E-state index is 12.8. The average molecular weight is 578 g/mol. The molecule has 0 aliphatic carbocycles. The molecular formula is C19H20N7NaO5S4. The van der Waals surface area contributed by atoms with E-state index in [1.807, 2.05) is 0 Å². The zero-order valence-corrected chi connectivity index (χ0v) is 24.8. The van der Waals surface area contributed by atoms with Crippen molar-refractivity contribution >= 4 is 75.0 Å². The van der Waals surface area contributed by atoms with E-state index in [0.717, 1.165) is 0 Å². The van der Waals surface area contributed by atoms with E-state index >= 15 is 0 Å². The molecule has 0 aromatic carbocycles. The Morgan fingerprint density at radius 1 is 1.31 bits per heavy atom. The number of nitrogen functional groups attached to an aromatic ring is 1. The summed E-state index contributed by atoms with van der Waals surface area (Å²) in [5.74, 6) is -1.82. The van der Waals surface area contributed by atoms with Crippen LogP contribution in [0.15, 0.2) is 21.0 Å². The van der Waals surface area contributed by atoms with Gasteiger partial charge in [0.1, 0.15) is 16.4 Å². The van der Waals surface area contributed by atoms with Crippen molar-refractivity contribution in [1.82, 2.24) is 30.3 Å². The zero-order chi connectivity index (χ0) is 25.3. The van der Waals surface area contributed by atoms with Crippen molar-refractivity contribution in [3.63, 3.8) is 0 Å². The number of hydrogen-bond donors (Lipinski definition) is 2. The van der Waals surface area contributed by atoms with Crippen molar-refractivity contribution in [3.05, 3.63) is 27.4 Å². The number of carbonyl (C=O) groups is 4.